The van der Waals surface area contributed by atoms with Gasteiger partial charge in [0.1, 0.15) is 47.2 Å². The molecule has 4 aliphatic heterocycles. The molecule has 2 bridgehead atoms. The first-order chi connectivity index (χ1) is 30.7. The van der Waals surface area contributed by atoms with E-state index in [2.05, 4.69) is 19.2 Å². The number of nitrogens with one attached hydrogen (secondary N) is 1. The van der Waals surface area contributed by atoms with Crippen molar-refractivity contribution in [1.29, 1.82) is 0 Å². The third-order valence-corrected chi connectivity index (χ3v) is 13.4. The molecule has 0 aromatic heterocycles. The van der Waals surface area contributed by atoms with Crippen molar-refractivity contribution in [3.05, 3.63) is 71.3 Å². The molecule has 350 valence electrons. The maximum Gasteiger partial charge on any atom is 0.327 e. The molecular weight excluding hydrogens is 819 g/mol. The summed E-state index contributed by atoms with van der Waals surface area (Å²) >= 11 is 0. The molecule has 1 aliphatic carbocycles. The zero-order valence-corrected chi connectivity index (χ0v) is 38.3. The van der Waals surface area contributed by atoms with Gasteiger partial charge < -0.3 is 39.4 Å². The van der Waals surface area contributed by atoms with Gasteiger partial charge in [-0.3, -0.25) is 24.0 Å². The monoisotopic (exact) mass is 887 g/mol. The summed E-state index contributed by atoms with van der Waals surface area (Å²) in [5.41, 5.74) is 0.518. The Morgan fingerprint density at radius 1 is 0.984 bits per heavy atom. The quantitative estimate of drug-likeness (QED) is 0.0953. The van der Waals surface area contributed by atoms with Gasteiger partial charge in [-0.2, -0.15) is 5.06 Å². The molecule has 14 nitrogen and oxygen atoms in total. The highest BCUT2D eigenvalue weighted by atomic mass is 16.8. The number of ether oxygens (including phenoxy) is 4. The minimum absolute atomic E-state index is 0.00130. The smallest absolute Gasteiger partial charge is 0.327 e. The average Bonchev–Trinajstić information content (AvgIpc) is 3.99. The third-order valence-electron chi connectivity index (χ3n) is 13.4. The van der Waals surface area contributed by atoms with Gasteiger partial charge in [0.05, 0.1) is 19.2 Å². The number of amides is 2. The fourth-order valence-corrected chi connectivity index (χ4v) is 10.3. The predicted octanol–water partition coefficient (Wildman–Crippen LogP) is 6.68. The van der Waals surface area contributed by atoms with Gasteiger partial charge in [-0.25, -0.2) is 0 Å². The lowest BCUT2D eigenvalue weighted by Gasteiger charge is -2.50. The number of likely N-dealkylation sites (tertiary alicyclic amines) is 1. The number of phenolic OH excluding ortho intramolecular Hbond substituents is 1. The molecular formula is C50H69N3O11. The van der Waals surface area contributed by atoms with Crippen LogP contribution in [0.1, 0.15) is 135 Å². The van der Waals surface area contributed by atoms with E-state index in [1.54, 1.807) is 42.9 Å². The minimum atomic E-state index is -1.45. The number of aliphatic hydroxyl groups excluding tert-OH is 1. The Hall–Kier alpha value is -4.34. The predicted molar refractivity (Wildman–Crippen MR) is 238 cm³/mol. The zero-order chi connectivity index (χ0) is 45.6. The number of rotatable bonds is 20. The van der Waals surface area contributed by atoms with Crippen molar-refractivity contribution in [3.63, 3.8) is 0 Å². The molecule has 5 fully saturated rings. The summed E-state index contributed by atoms with van der Waals surface area (Å²) < 4.78 is 25.7. The molecule has 8 atom stereocenters. The Kier molecular flexibility index (Phi) is 15.2. The molecule has 2 aromatic carbocycles. The maximum absolute atomic E-state index is 15.6. The number of benzene rings is 2. The van der Waals surface area contributed by atoms with Crippen molar-refractivity contribution in [2.24, 2.45) is 5.41 Å². The summed E-state index contributed by atoms with van der Waals surface area (Å²) in [6, 6.07) is 12.4. The van der Waals surface area contributed by atoms with Crippen LogP contribution >= 0.6 is 0 Å². The number of carbonyl (C=O) groups is 4. The third kappa shape index (κ3) is 10.4. The Labute approximate surface area is 377 Å². The Morgan fingerprint density at radius 3 is 2.36 bits per heavy atom. The number of nitrogens with zero attached hydrogens (tertiary/aromatic N) is 2. The highest BCUT2D eigenvalue weighted by Crippen LogP contribution is 2.59. The van der Waals surface area contributed by atoms with Crippen molar-refractivity contribution in [2.75, 3.05) is 13.2 Å². The summed E-state index contributed by atoms with van der Waals surface area (Å²) in [7, 11) is 0. The van der Waals surface area contributed by atoms with Crippen LogP contribution in [0.2, 0.25) is 0 Å². The summed E-state index contributed by atoms with van der Waals surface area (Å²) in [5.74, 6) is -2.46. The molecule has 64 heavy (non-hydrogen) atoms. The summed E-state index contributed by atoms with van der Waals surface area (Å²) in [5, 5.41) is 24.9. The molecule has 5 aliphatic rings. The van der Waals surface area contributed by atoms with Crippen LogP contribution in [-0.2, 0) is 55.9 Å². The van der Waals surface area contributed by atoms with E-state index in [4.69, 9.17) is 23.8 Å². The van der Waals surface area contributed by atoms with Crippen LogP contribution in [0.4, 0.5) is 0 Å². The molecule has 4 heterocycles. The van der Waals surface area contributed by atoms with E-state index in [0.717, 1.165) is 55.2 Å². The Balaban J connectivity index is 1.15. The van der Waals surface area contributed by atoms with Gasteiger partial charge in [0, 0.05) is 32.2 Å². The number of phenols is 1. The van der Waals surface area contributed by atoms with Crippen LogP contribution in [0.25, 0.3) is 6.08 Å². The highest BCUT2D eigenvalue weighted by Gasteiger charge is 2.77. The summed E-state index contributed by atoms with van der Waals surface area (Å²) in [6.45, 7) is 9.72. The lowest BCUT2D eigenvalue weighted by atomic mass is 9.62. The summed E-state index contributed by atoms with van der Waals surface area (Å²) in [6.07, 6.45) is 9.99. The lowest BCUT2D eigenvalue weighted by molar-refractivity contribution is -0.225. The molecule has 0 spiro atoms. The summed E-state index contributed by atoms with van der Waals surface area (Å²) in [4.78, 5) is 65.1. The fraction of sp³-hybridized carbons (Fsp3) is 0.640. The van der Waals surface area contributed by atoms with Gasteiger partial charge in [-0.1, -0.05) is 94.1 Å². The number of para-hydroxylation sites is 1. The van der Waals surface area contributed by atoms with Crippen LogP contribution < -0.4 is 5.32 Å². The number of esters is 2. The number of carbonyl (C=O) groups excluding carboxylic acids is 4. The molecule has 8 unspecified atom stereocenters. The van der Waals surface area contributed by atoms with Crippen molar-refractivity contribution < 1.29 is 53.2 Å². The van der Waals surface area contributed by atoms with Gasteiger partial charge >= 0.3 is 11.9 Å². The fourth-order valence-electron chi connectivity index (χ4n) is 10.3. The first-order valence-electron chi connectivity index (χ1n) is 23.7. The lowest BCUT2D eigenvalue weighted by Crippen LogP contribution is -2.70. The van der Waals surface area contributed by atoms with Gasteiger partial charge in [0.2, 0.25) is 11.8 Å². The van der Waals surface area contributed by atoms with Crippen LogP contribution in [0.15, 0.2) is 54.6 Å². The standard InChI is InChI=1S/C50H69N3O11/c1-6-8-12-27-49(28-13-9-7-2)62-41-39-30-50(47(59)52-29-15-19-37(52)45(57)51-36(32-54)25-26-40(56)61-48(3,4)5)43(46(58)60-39)53(64-44(50)42(41)63-49)31-34-23-21-33(22-24-34)16-14-18-35-17-10-11-20-38(35)55/h10-11,14,16-17,20-24,36-37,39,41-44,54-55H,6-9,12-13,15,18-19,25-32H2,1-5H3,(H,51,57). The molecule has 2 amide bonds. The van der Waals surface area contributed by atoms with Crippen LogP contribution in [0.5, 0.6) is 5.75 Å². The van der Waals surface area contributed by atoms with E-state index in [0.29, 0.717) is 38.6 Å². The topological polar surface area (TPSA) is 173 Å². The second-order valence-corrected chi connectivity index (χ2v) is 19.4. The number of aliphatic hydroxyl groups is 1. The Morgan fingerprint density at radius 2 is 1.69 bits per heavy atom. The van der Waals surface area contributed by atoms with E-state index >= 15 is 4.79 Å². The maximum atomic E-state index is 15.6. The largest absolute Gasteiger partial charge is 0.508 e. The number of unbranched alkanes of at least 4 members (excludes halogenated alkanes) is 4. The first kappa shape index (κ1) is 47.6. The van der Waals surface area contributed by atoms with Crippen molar-refractivity contribution in [2.45, 2.75) is 185 Å². The van der Waals surface area contributed by atoms with Crippen LogP contribution in [0.3, 0.4) is 0 Å². The van der Waals surface area contributed by atoms with Gasteiger partial charge in [0.25, 0.3) is 0 Å². The van der Waals surface area contributed by atoms with E-state index in [1.807, 2.05) is 48.6 Å². The molecule has 7 rings (SSSR count). The van der Waals surface area contributed by atoms with Gasteiger partial charge in [-0.05, 0) is 82.1 Å². The zero-order valence-electron chi connectivity index (χ0n) is 38.3. The molecule has 0 radical (unpaired) electrons. The van der Waals surface area contributed by atoms with Crippen molar-refractivity contribution in [3.8, 4) is 5.75 Å². The molecule has 3 N–H and O–H groups in total. The molecule has 2 aromatic rings. The number of hydroxylamine groups is 2. The number of hydrogen-bond donors (Lipinski definition) is 3. The average molecular weight is 888 g/mol. The number of aromatic hydroxyl groups is 1. The van der Waals surface area contributed by atoms with Crippen LogP contribution in [-0.4, -0.2) is 111 Å². The number of hydrogen-bond acceptors (Lipinski definition) is 12. The normalized spacial score (nSPS) is 27.7. The van der Waals surface area contributed by atoms with Crippen molar-refractivity contribution >= 4 is 29.8 Å². The van der Waals surface area contributed by atoms with E-state index in [1.165, 1.54) is 0 Å². The minimum Gasteiger partial charge on any atom is -0.508 e. The van der Waals surface area contributed by atoms with Gasteiger partial charge in [-0.15, -0.1) is 0 Å². The van der Waals surface area contributed by atoms with E-state index in [9.17, 15) is 24.6 Å². The number of allylic oxidation sites excluding steroid dienone is 1. The van der Waals surface area contributed by atoms with E-state index in [-0.39, 0.29) is 37.5 Å². The first-order valence-corrected chi connectivity index (χ1v) is 23.7. The van der Waals surface area contributed by atoms with Gasteiger partial charge in [0.15, 0.2) is 11.8 Å². The second-order valence-electron chi connectivity index (χ2n) is 19.4. The number of fused-ring (bicyclic) bond motifs is 4. The molecule has 4 saturated heterocycles. The molecule has 14 heteroatoms. The Bertz CT molecular complexity index is 1970. The van der Waals surface area contributed by atoms with Crippen LogP contribution in [0, 0.1) is 5.41 Å². The van der Waals surface area contributed by atoms with E-state index < -0.39 is 83.8 Å². The second kappa shape index (κ2) is 20.4. The SMILES string of the molecule is CCCCCC1(CCCCC)OC2C3CC4(C(=O)N5CCCC5C(=O)NC(CO)CCC(=O)OC(C)(C)C)C(ON(Cc5ccc(C=CCc6ccccc6O)cc5)C4C(=O)O3)C2O1. The van der Waals surface area contributed by atoms with Crippen molar-refractivity contribution in [1.82, 2.24) is 15.3 Å². The molecule has 1 saturated carbocycles. The highest BCUT2D eigenvalue weighted by molar-refractivity contribution is 5.96.